The highest BCUT2D eigenvalue weighted by atomic mass is 16.6. The van der Waals surface area contributed by atoms with Crippen molar-refractivity contribution < 1.29 is 9.34 Å². The lowest BCUT2D eigenvalue weighted by Gasteiger charge is -2.04. The van der Waals surface area contributed by atoms with E-state index in [0.29, 0.717) is 5.69 Å². The first kappa shape index (κ1) is 11.4. The number of nitro groups is 1. The second-order valence-corrected chi connectivity index (χ2v) is 4.23. The molecule has 0 spiro atoms. The molecule has 0 amide bonds. The summed E-state index contributed by atoms with van der Waals surface area (Å²) in [6.45, 7) is 1.95. The van der Waals surface area contributed by atoms with Crippen LogP contribution in [-0.4, -0.2) is 9.91 Å². The lowest BCUT2D eigenvalue weighted by molar-refractivity contribution is -0.384. The summed E-state index contributed by atoms with van der Waals surface area (Å²) in [7, 11) is 0. The fourth-order valence-electron chi connectivity index (χ4n) is 2.10. The van der Waals surface area contributed by atoms with Crippen molar-refractivity contribution in [3.63, 3.8) is 0 Å². The lowest BCUT2D eigenvalue weighted by atomic mass is 10.1. The van der Waals surface area contributed by atoms with Crippen molar-refractivity contribution in [2.24, 2.45) is 0 Å². The molecule has 0 aliphatic heterocycles. The Balaban J connectivity index is 2.26. The maximum atomic E-state index is 10.9. The number of hydrogen-bond donors (Lipinski definition) is 0. The van der Waals surface area contributed by atoms with E-state index < -0.39 is 4.92 Å². The van der Waals surface area contributed by atoms with Crippen LogP contribution in [0, 0.1) is 17.0 Å². The minimum Gasteiger partial charge on any atom is -0.455 e. The van der Waals surface area contributed by atoms with E-state index in [-0.39, 0.29) is 11.4 Å². The van der Waals surface area contributed by atoms with Crippen LogP contribution in [0.25, 0.3) is 22.4 Å². The Hall–Kier alpha value is -2.69. The van der Waals surface area contributed by atoms with Gasteiger partial charge in [-0.2, -0.15) is 0 Å². The number of benzene rings is 1. The minimum absolute atomic E-state index is 0.0674. The predicted molar refractivity (Wildman–Crippen MR) is 70.8 cm³/mol. The number of para-hydroxylation sites is 1. The van der Waals surface area contributed by atoms with E-state index in [1.54, 1.807) is 6.07 Å². The summed E-state index contributed by atoms with van der Waals surface area (Å²) < 4.78 is 5.21. The normalized spacial score (nSPS) is 10.8. The standard InChI is InChI=1S/C14H10N2O3/c1-9-8-12(14-13(16(17)18)6-7-19-14)15-11-5-3-2-4-10(9)11/h2-8H,1H3. The molecule has 0 unspecified atom stereocenters. The summed E-state index contributed by atoms with van der Waals surface area (Å²) in [4.78, 5) is 14.9. The van der Waals surface area contributed by atoms with E-state index in [4.69, 9.17) is 4.42 Å². The first-order valence-corrected chi connectivity index (χ1v) is 5.75. The number of nitrogens with zero attached hydrogens (tertiary/aromatic N) is 2. The van der Waals surface area contributed by atoms with E-state index in [2.05, 4.69) is 4.98 Å². The van der Waals surface area contributed by atoms with Crippen LogP contribution in [0.2, 0.25) is 0 Å². The van der Waals surface area contributed by atoms with Gasteiger partial charge in [-0.3, -0.25) is 10.1 Å². The molecule has 0 atom stereocenters. The van der Waals surface area contributed by atoms with Crippen LogP contribution >= 0.6 is 0 Å². The molecule has 3 rings (SSSR count). The van der Waals surface area contributed by atoms with Crippen LogP contribution < -0.4 is 0 Å². The van der Waals surface area contributed by atoms with Gasteiger partial charge in [0.2, 0.25) is 5.76 Å². The largest absolute Gasteiger partial charge is 0.455 e. The van der Waals surface area contributed by atoms with E-state index in [0.717, 1.165) is 16.5 Å². The molecular formula is C14H10N2O3. The number of rotatable bonds is 2. The molecule has 0 aliphatic carbocycles. The first-order chi connectivity index (χ1) is 9.16. The smallest absolute Gasteiger partial charge is 0.316 e. The summed E-state index contributed by atoms with van der Waals surface area (Å²) in [6.07, 6.45) is 1.31. The Morgan fingerprint density at radius 1 is 1.26 bits per heavy atom. The fourth-order valence-corrected chi connectivity index (χ4v) is 2.10. The molecular weight excluding hydrogens is 244 g/mol. The van der Waals surface area contributed by atoms with E-state index in [9.17, 15) is 10.1 Å². The number of hydrogen-bond acceptors (Lipinski definition) is 4. The molecule has 0 saturated heterocycles. The molecule has 0 aliphatic rings. The van der Waals surface area contributed by atoms with Gasteiger partial charge < -0.3 is 4.42 Å². The second-order valence-electron chi connectivity index (χ2n) is 4.23. The van der Waals surface area contributed by atoms with E-state index in [1.165, 1.54) is 12.3 Å². The molecule has 0 saturated carbocycles. The Morgan fingerprint density at radius 2 is 2.05 bits per heavy atom. The molecule has 19 heavy (non-hydrogen) atoms. The van der Waals surface area contributed by atoms with Gasteiger partial charge in [-0.05, 0) is 24.6 Å². The van der Waals surface area contributed by atoms with Crippen LogP contribution in [0.1, 0.15) is 5.56 Å². The number of aromatic nitrogens is 1. The SMILES string of the molecule is Cc1cc(-c2occc2[N+](=O)[O-])nc2ccccc12. The number of fused-ring (bicyclic) bond motifs is 1. The molecule has 2 heterocycles. The zero-order valence-electron chi connectivity index (χ0n) is 10.2. The zero-order chi connectivity index (χ0) is 13.4. The molecule has 0 N–H and O–H groups in total. The Morgan fingerprint density at radius 3 is 2.84 bits per heavy atom. The van der Waals surface area contributed by atoms with Gasteiger partial charge in [0.05, 0.1) is 22.8 Å². The Kier molecular flexibility index (Phi) is 2.52. The van der Waals surface area contributed by atoms with Gasteiger partial charge in [0.25, 0.3) is 0 Å². The van der Waals surface area contributed by atoms with Crippen molar-refractivity contribution >= 4 is 16.6 Å². The van der Waals surface area contributed by atoms with Gasteiger partial charge in [-0.25, -0.2) is 4.98 Å². The van der Waals surface area contributed by atoms with Crippen LogP contribution in [0.4, 0.5) is 5.69 Å². The van der Waals surface area contributed by atoms with Crippen molar-refractivity contribution in [2.75, 3.05) is 0 Å². The third-order valence-corrected chi connectivity index (χ3v) is 3.00. The molecule has 0 fully saturated rings. The summed E-state index contributed by atoms with van der Waals surface area (Å²) in [5, 5.41) is 12.0. The van der Waals surface area contributed by atoms with E-state index in [1.807, 2.05) is 31.2 Å². The molecule has 5 nitrogen and oxygen atoms in total. The van der Waals surface area contributed by atoms with Crippen LogP contribution in [0.3, 0.4) is 0 Å². The first-order valence-electron chi connectivity index (χ1n) is 5.75. The zero-order valence-corrected chi connectivity index (χ0v) is 10.2. The quantitative estimate of drug-likeness (QED) is 0.516. The molecule has 0 radical (unpaired) electrons. The highest BCUT2D eigenvalue weighted by molar-refractivity contribution is 5.85. The molecule has 0 bridgehead atoms. The summed E-state index contributed by atoms with van der Waals surface area (Å²) in [5.41, 5.74) is 2.21. The van der Waals surface area contributed by atoms with Gasteiger partial charge in [0.1, 0.15) is 5.69 Å². The van der Waals surface area contributed by atoms with Crippen molar-refractivity contribution in [1.82, 2.24) is 4.98 Å². The van der Waals surface area contributed by atoms with Gasteiger partial charge >= 0.3 is 5.69 Å². The third kappa shape index (κ3) is 1.85. The average Bonchev–Trinajstić information content (AvgIpc) is 2.88. The lowest BCUT2D eigenvalue weighted by Crippen LogP contribution is -1.92. The number of aryl methyl sites for hydroxylation is 1. The van der Waals surface area contributed by atoms with Gasteiger partial charge in [-0.1, -0.05) is 18.2 Å². The van der Waals surface area contributed by atoms with Crippen LogP contribution in [0.5, 0.6) is 0 Å². The summed E-state index contributed by atoms with van der Waals surface area (Å²) in [5.74, 6) is 0.193. The maximum Gasteiger partial charge on any atom is 0.316 e. The van der Waals surface area contributed by atoms with Crippen molar-refractivity contribution in [1.29, 1.82) is 0 Å². The van der Waals surface area contributed by atoms with Crippen molar-refractivity contribution in [3.05, 3.63) is 58.3 Å². The highest BCUT2D eigenvalue weighted by Crippen LogP contribution is 2.31. The van der Waals surface area contributed by atoms with Crippen molar-refractivity contribution in [2.45, 2.75) is 6.92 Å². The maximum absolute atomic E-state index is 10.9. The van der Waals surface area contributed by atoms with Gasteiger partial charge in [0, 0.05) is 5.39 Å². The Labute approximate surface area is 108 Å². The molecule has 3 aromatic rings. The van der Waals surface area contributed by atoms with Gasteiger partial charge in [-0.15, -0.1) is 0 Å². The monoisotopic (exact) mass is 254 g/mol. The molecule has 94 valence electrons. The fraction of sp³-hybridized carbons (Fsp3) is 0.0714. The minimum atomic E-state index is -0.467. The highest BCUT2D eigenvalue weighted by Gasteiger charge is 2.20. The van der Waals surface area contributed by atoms with Crippen molar-refractivity contribution in [3.8, 4) is 11.5 Å². The van der Waals surface area contributed by atoms with E-state index >= 15 is 0 Å². The number of furan rings is 1. The van der Waals surface area contributed by atoms with Crippen LogP contribution in [-0.2, 0) is 0 Å². The third-order valence-electron chi connectivity index (χ3n) is 3.00. The Bertz CT molecular complexity index is 777. The van der Waals surface area contributed by atoms with Crippen LogP contribution in [0.15, 0.2) is 47.1 Å². The number of pyridine rings is 1. The molecule has 5 heteroatoms. The summed E-state index contributed by atoms with van der Waals surface area (Å²) in [6, 6.07) is 10.8. The second kappa shape index (κ2) is 4.20. The van der Waals surface area contributed by atoms with Gasteiger partial charge in [0.15, 0.2) is 0 Å². The predicted octanol–water partition coefficient (Wildman–Crippen LogP) is 3.71. The average molecular weight is 254 g/mol. The molecule has 1 aromatic carbocycles. The molecule has 2 aromatic heterocycles. The summed E-state index contributed by atoms with van der Waals surface area (Å²) >= 11 is 0. The topological polar surface area (TPSA) is 69.2 Å².